The lowest BCUT2D eigenvalue weighted by atomic mass is 9.84. The van der Waals surface area contributed by atoms with Crippen LogP contribution in [0.2, 0.25) is 5.02 Å². The van der Waals surface area contributed by atoms with Gasteiger partial charge in [0.2, 0.25) is 5.88 Å². The Balaban J connectivity index is 2.00. The van der Waals surface area contributed by atoms with E-state index in [1.54, 1.807) is 18.5 Å². The number of halogens is 1. The summed E-state index contributed by atoms with van der Waals surface area (Å²) in [7, 11) is 0. The maximum absolute atomic E-state index is 9.88. The second kappa shape index (κ2) is 6.74. The Morgan fingerprint density at radius 3 is 2.74 bits per heavy atom. The van der Waals surface area contributed by atoms with Crippen molar-refractivity contribution < 1.29 is 9.84 Å². The molecule has 0 aliphatic carbocycles. The smallest absolute Gasteiger partial charge is 0.228 e. The summed E-state index contributed by atoms with van der Waals surface area (Å²) in [5.74, 6) is 1.11. The van der Waals surface area contributed by atoms with Crippen LogP contribution in [-0.4, -0.2) is 14.7 Å². The zero-order valence-electron chi connectivity index (χ0n) is 15.1. The molecule has 0 bridgehead atoms. The van der Waals surface area contributed by atoms with Crippen molar-refractivity contribution >= 4 is 11.6 Å². The first kappa shape index (κ1) is 17.6. The van der Waals surface area contributed by atoms with Crippen molar-refractivity contribution in [2.45, 2.75) is 26.3 Å². The molecule has 6 heteroatoms. The van der Waals surface area contributed by atoms with Crippen LogP contribution in [0, 0.1) is 11.3 Å². The van der Waals surface area contributed by atoms with Crippen molar-refractivity contribution in [3.05, 3.63) is 76.0 Å². The highest BCUT2D eigenvalue weighted by Gasteiger charge is 2.33. The maximum atomic E-state index is 9.88. The van der Waals surface area contributed by atoms with Gasteiger partial charge in [-0.3, -0.25) is 5.41 Å². The molecule has 1 atom stereocenters. The molecule has 138 valence electrons. The average Bonchev–Trinajstić information content (AvgIpc) is 2.62. The summed E-state index contributed by atoms with van der Waals surface area (Å²) in [4.78, 5) is 4.46. The molecule has 2 heterocycles. The predicted octanol–water partition coefficient (Wildman–Crippen LogP) is 4.66. The molecule has 2 N–H and O–H groups in total. The Kier molecular flexibility index (Phi) is 4.40. The Morgan fingerprint density at radius 2 is 2.00 bits per heavy atom. The molecule has 0 amide bonds. The van der Waals surface area contributed by atoms with Crippen LogP contribution in [0.1, 0.15) is 36.5 Å². The van der Waals surface area contributed by atoms with E-state index >= 15 is 0 Å². The van der Waals surface area contributed by atoms with Crippen LogP contribution in [0.15, 0.2) is 48.8 Å². The first-order valence-corrected chi connectivity index (χ1v) is 9.22. The van der Waals surface area contributed by atoms with Gasteiger partial charge in [0.1, 0.15) is 23.3 Å². The molecule has 1 aliphatic rings. The van der Waals surface area contributed by atoms with Crippen molar-refractivity contribution in [3.8, 4) is 17.4 Å². The third kappa shape index (κ3) is 3.08. The van der Waals surface area contributed by atoms with E-state index < -0.39 is 0 Å². The molecule has 3 aromatic rings. The van der Waals surface area contributed by atoms with Crippen molar-refractivity contribution in [1.82, 2.24) is 9.55 Å². The zero-order valence-corrected chi connectivity index (χ0v) is 15.9. The summed E-state index contributed by atoms with van der Waals surface area (Å²) in [6, 6.07) is 12.6. The SMILES string of the molecule is CC(C)Cn1cnc2c(c1=N)C(c1ccccc1Cl)c1ccc(O)cc1O2. The summed E-state index contributed by atoms with van der Waals surface area (Å²) in [6.07, 6.45) is 1.64. The lowest BCUT2D eigenvalue weighted by molar-refractivity contribution is 0.407. The fourth-order valence-electron chi connectivity index (χ4n) is 3.52. The van der Waals surface area contributed by atoms with Crippen molar-refractivity contribution in [1.29, 1.82) is 5.41 Å². The van der Waals surface area contributed by atoms with E-state index in [1.807, 2.05) is 34.9 Å². The number of rotatable bonds is 3. The zero-order chi connectivity index (χ0) is 19.1. The largest absolute Gasteiger partial charge is 0.508 e. The number of aromatic hydroxyl groups is 1. The Hall–Kier alpha value is -2.79. The highest BCUT2D eigenvalue weighted by Crippen LogP contribution is 2.47. The summed E-state index contributed by atoms with van der Waals surface area (Å²) < 4.78 is 7.78. The van der Waals surface area contributed by atoms with Crippen LogP contribution >= 0.6 is 11.6 Å². The molecule has 1 unspecified atom stereocenters. The quantitative estimate of drug-likeness (QED) is 0.542. The van der Waals surface area contributed by atoms with Gasteiger partial charge in [-0.2, -0.15) is 0 Å². The lowest BCUT2D eigenvalue weighted by Crippen LogP contribution is -2.31. The molecule has 1 aliphatic heterocycles. The van der Waals surface area contributed by atoms with Crippen molar-refractivity contribution in [2.24, 2.45) is 5.92 Å². The Labute approximate surface area is 162 Å². The van der Waals surface area contributed by atoms with Gasteiger partial charge in [0, 0.05) is 29.1 Å². The highest BCUT2D eigenvalue weighted by atomic mass is 35.5. The summed E-state index contributed by atoms with van der Waals surface area (Å²) >= 11 is 6.52. The second-order valence-corrected chi connectivity index (χ2v) is 7.54. The van der Waals surface area contributed by atoms with Gasteiger partial charge in [0.05, 0.1) is 5.56 Å². The molecule has 0 radical (unpaired) electrons. The Bertz CT molecular complexity index is 1080. The van der Waals surface area contributed by atoms with Crippen molar-refractivity contribution in [2.75, 3.05) is 0 Å². The van der Waals surface area contributed by atoms with E-state index in [0.717, 1.165) is 11.1 Å². The van der Waals surface area contributed by atoms with Gasteiger partial charge in [-0.25, -0.2) is 4.98 Å². The minimum Gasteiger partial charge on any atom is -0.508 e. The number of fused-ring (bicyclic) bond motifs is 2. The fourth-order valence-corrected chi connectivity index (χ4v) is 3.77. The molecule has 1 aromatic heterocycles. The number of benzene rings is 2. The average molecular weight is 382 g/mol. The molecular formula is C21H20ClN3O2. The first-order valence-electron chi connectivity index (χ1n) is 8.85. The molecule has 2 aromatic carbocycles. The van der Waals surface area contributed by atoms with Crippen LogP contribution in [0.5, 0.6) is 17.4 Å². The number of phenolic OH excluding ortho intramolecular Hbond substituents is 1. The van der Waals surface area contributed by atoms with Crippen LogP contribution in [0.4, 0.5) is 0 Å². The number of nitrogens with one attached hydrogen (secondary N) is 1. The molecule has 4 rings (SSSR count). The van der Waals surface area contributed by atoms with Gasteiger partial charge in [0.15, 0.2) is 0 Å². The van der Waals surface area contributed by atoms with E-state index in [1.165, 1.54) is 0 Å². The number of hydrogen-bond acceptors (Lipinski definition) is 4. The third-order valence-electron chi connectivity index (χ3n) is 4.67. The minimum atomic E-state index is -0.294. The number of aromatic nitrogens is 2. The molecule has 5 nitrogen and oxygen atoms in total. The van der Waals surface area contributed by atoms with Crippen LogP contribution < -0.4 is 10.2 Å². The van der Waals surface area contributed by atoms with Crippen LogP contribution in [-0.2, 0) is 6.54 Å². The number of nitrogens with zero attached hydrogens (tertiary/aromatic N) is 2. The topological polar surface area (TPSA) is 71.1 Å². The van der Waals surface area contributed by atoms with Crippen LogP contribution in [0.25, 0.3) is 0 Å². The minimum absolute atomic E-state index is 0.118. The van der Waals surface area contributed by atoms with Crippen LogP contribution in [0.3, 0.4) is 0 Å². The van der Waals surface area contributed by atoms with E-state index in [4.69, 9.17) is 21.7 Å². The van der Waals surface area contributed by atoms with E-state index in [9.17, 15) is 5.11 Å². The van der Waals surface area contributed by atoms with Gasteiger partial charge in [-0.15, -0.1) is 0 Å². The molecule has 0 saturated carbocycles. The Morgan fingerprint density at radius 1 is 1.22 bits per heavy atom. The van der Waals surface area contributed by atoms with Gasteiger partial charge in [-0.05, 0) is 23.6 Å². The third-order valence-corrected chi connectivity index (χ3v) is 5.01. The summed E-state index contributed by atoms with van der Waals surface area (Å²) in [5.41, 5.74) is 2.78. The standard InChI is InChI=1S/C21H20ClN3O2/c1-12(2)10-25-11-24-21-19(20(25)23)18(14-5-3-4-6-16(14)22)15-8-7-13(26)9-17(15)27-21/h3-9,11-12,18,23,26H,10H2,1-2H3. The first-order chi connectivity index (χ1) is 13.0. The molecule has 0 saturated heterocycles. The second-order valence-electron chi connectivity index (χ2n) is 7.14. The highest BCUT2D eigenvalue weighted by molar-refractivity contribution is 6.31. The van der Waals surface area contributed by atoms with Gasteiger partial charge in [0.25, 0.3) is 0 Å². The molecule has 27 heavy (non-hydrogen) atoms. The predicted molar refractivity (Wildman–Crippen MR) is 103 cm³/mol. The lowest BCUT2D eigenvalue weighted by Gasteiger charge is -2.29. The monoisotopic (exact) mass is 381 g/mol. The normalized spacial score (nSPS) is 15.2. The van der Waals surface area contributed by atoms with Gasteiger partial charge >= 0.3 is 0 Å². The summed E-state index contributed by atoms with van der Waals surface area (Å²) in [5, 5.41) is 19.3. The molecular weight excluding hydrogens is 362 g/mol. The van der Waals surface area contributed by atoms with Crippen molar-refractivity contribution in [3.63, 3.8) is 0 Å². The maximum Gasteiger partial charge on any atom is 0.228 e. The van der Waals surface area contributed by atoms with Gasteiger partial charge in [-0.1, -0.05) is 49.7 Å². The number of ether oxygens (including phenoxy) is 1. The molecule has 0 spiro atoms. The summed E-state index contributed by atoms with van der Waals surface area (Å²) in [6.45, 7) is 4.90. The van der Waals surface area contributed by atoms with E-state index in [-0.39, 0.29) is 11.7 Å². The number of phenols is 1. The van der Waals surface area contributed by atoms with Gasteiger partial charge < -0.3 is 14.4 Å². The van der Waals surface area contributed by atoms with E-state index in [2.05, 4.69) is 18.8 Å². The van der Waals surface area contributed by atoms with E-state index in [0.29, 0.717) is 40.2 Å². The number of hydrogen-bond donors (Lipinski definition) is 2. The fraction of sp³-hybridized carbons (Fsp3) is 0.238. The molecule has 0 fully saturated rings.